The minimum atomic E-state index is 0.0961. The number of aromatic nitrogens is 2. The largest absolute Gasteiger partial charge is 0.494 e. The standard InChI is InChI=1S/C20H25N3O3/c1-3-25-17-6-4-16(5-7-17)14-20(24)23-12-9-18(10-13-23)26-19-8-11-21-15(2)22-19/h4-8,11,18H,3,9-10,12-14H2,1-2H3. The molecule has 1 aromatic carbocycles. The Labute approximate surface area is 154 Å². The Morgan fingerprint density at radius 3 is 2.58 bits per heavy atom. The van der Waals surface area contributed by atoms with Crippen LogP contribution in [-0.4, -0.2) is 46.6 Å². The molecule has 1 fully saturated rings. The van der Waals surface area contributed by atoms with Gasteiger partial charge in [0.15, 0.2) is 0 Å². The smallest absolute Gasteiger partial charge is 0.226 e. The molecule has 1 aromatic heterocycles. The van der Waals surface area contributed by atoms with E-state index in [1.54, 1.807) is 12.3 Å². The van der Waals surface area contributed by atoms with E-state index in [0.29, 0.717) is 37.8 Å². The van der Waals surface area contributed by atoms with Crippen molar-refractivity contribution in [3.63, 3.8) is 0 Å². The highest BCUT2D eigenvalue weighted by molar-refractivity contribution is 5.78. The lowest BCUT2D eigenvalue weighted by Gasteiger charge is -2.32. The van der Waals surface area contributed by atoms with Gasteiger partial charge in [-0.2, -0.15) is 4.98 Å². The van der Waals surface area contributed by atoms with E-state index >= 15 is 0 Å². The summed E-state index contributed by atoms with van der Waals surface area (Å²) in [7, 11) is 0. The van der Waals surface area contributed by atoms with Gasteiger partial charge in [0.2, 0.25) is 11.8 Å². The van der Waals surface area contributed by atoms with Crippen LogP contribution in [-0.2, 0) is 11.2 Å². The molecule has 0 radical (unpaired) electrons. The molecule has 0 N–H and O–H groups in total. The van der Waals surface area contributed by atoms with E-state index in [-0.39, 0.29) is 12.0 Å². The molecule has 2 heterocycles. The molecular weight excluding hydrogens is 330 g/mol. The average molecular weight is 355 g/mol. The fraction of sp³-hybridized carbons (Fsp3) is 0.450. The lowest BCUT2D eigenvalue weighted by atomic mass is 10.1. The molecule has 138 valence electrons. The first-order valence-corrected chi connectivity index (χ1v) is 9.10. The first-order valence-electron chi connectivity index (χ1n) is 9.10. The molecular formula is C20H25N3O3. The lowest BCUT2D eigenvalue weighted by molar-refractivity contribution is -0.132. The average Bonchev–Trinajstić information content (AvgIpc) is 2.64. The fourth-order valence-electron chi connectivity index (χ4n) is 3.05. The number of hydrogen-bond acceptors (Lipinski definition) is 5. The highest BCUT2D eigenvalue weighted by Gasteiger charge is 2.24. The molecule has 0 spiro atoms. The molecule has 3 rings (SSSR count). The van der Waals surface area contributed by atoms with Crippen molar-refractivity contribution in [2.45, 2.75) is 39.2 Å². The van der Waals surface area contributed by atoms with Gasteiger partial charge in [-0.3, -0.25) is 4.79 Å². The topological polar surface area (TPSA) is 64.5 Å². The number of ether oxygens (including phenoxy) is 2. The zero-order valence-corrected chi connectivity index (χ0v) is 15.4. The Hall–Kier alpha value is -2.63. The van der Waals surface area contributed by atoms with Crippen molar-refractivity contribution in [2.75, 3.05) is 19.7 Å². The number of aryl methyl sites for hydroxylation is 1. The number of carbonyl (C=O) groups is 1. The minimum absolute atomic E-state index is 0.0961. The van der Waals surface area contributed by atoms with E-state index in [1.807, 2.05) is 43.0 Å². The van der Waals surface area contributed by atoms with E-state index < -0.39 is 0 Å². The molecule has 6 nitrogen and oxygen atoms in total. The molecule has 1 aliphatic rings. The number of benzene rings is 1. The van der Waals surface area contributed by atoms with Crippen LogP contribution >= 0.6 is 0 Å². The zero-order chi connectivity index (χ0) is 18.4. The maximum atomic E-state index is 12.5. The summed E-state index contributed by atoms with van der Waals surface area (Å²) < 4.78 is 11.3. The summed E-state index contributed by atoms with van der Waals surface area (Å²) in [6.07, 6.45) is 3.85. The molecule has 0 unspecified atom stereocenters. The summed E-state index contributed by atoms with van der Waals surface area (Å²) in [4.78, 5) is 22.8. The Kier molecular flexibility index (Phi) is 6.04. The number of piperidine rings is 1. The molecule has 0 atom stereocenters. The van der Waals surface area contributed by atoms with E-state index in [9.17, 15) is 4.79 Å². The second kappa shape index (κ2) is 8.65. The van der Waals surface area contributed by atoms with Crippen molar-refractivity contribution in [1.29, 1.82) is 0 Å². The quantitative estimate of drug-likeness (QED) is 0.797. The second-order valence-corrected chi connectivity index (χ2v) is 6.39. The Morgan fingerprint density at radius 1 is 1.19 bits per heavy atom. The third-order valence-corrected chi connectivity index (χ3v) is 4.42. The number of amides is 1. The molecule has 26 heavy (non-hydrogen) atoms. The normalized spacial score (nSPS) is 14.9. The summed E-state index contributed by atoms with van der Waals surface area (Å²) >= 11 is 0. The minimum Gasteiger partial charge on any atom is -0.494 e. The zero-order valence-electron chi connectivity index (χ0n) is 15.4. The Morgan fingerprint density at radius 2 is 1.92 bits per heavy atom. The number of rotatable bonds is 6. The van der Waals surface area contributed by atoms with Crippen molar-refractivity contribution in [3.8, 4) is 11.6 Å². The van der Waals surface area contributed by atoms with Gasteiger partial charge in [-0.1, -0.05) is 12.1 Å². The number of carbonyl (C=O) groups excluding carboxylic acids is 1. The molecule has 0 aliphatic carbocycles. The van der Waals surface area contributed by atoms with E-state index in [4.69, 9.17) is 9.47 Å². The van der Waals surface area contributed by atoms with Gasteiger partial charge in [0, 0.05) is 38.2 Å². The van der Waals surface area contributed by atoms with Crippen LogP contribution in [0.25, 0.3) is 0 Å². The van der Waals surface area contributed by atoms with Gasteiger partial charge < -0.3 is 14.4 Å². The van der Waals surface area contributed by atoms with Crippen molar-refractivity contribution in [2.24, 2.45) is 0 Å². The predicted octanol–water partition coefficient (Wildman–Crippen LogP) is 2.80. The van der Waals surface area contributed by atoms with Gasteiger partial charge >= 0.3 is 0 Å². The first kappa shape index (κ1) is 18.2. The fourth-order valence-corrected chi connectivity index (χ4v) is 3.05. The van der Waals surface area contributed by atoms with Gasteiger partial charge in [-0.05, 0) is 31.5 Å². The van der Waals surface area contributed by atoms with Crippen molar-refractivity contribution in [1.82, 2.24) is 14.9 Å². The Balaban J connectivity index is 1.47. The monoisotopic (exact) mass is 355 g/mol. The summed E-state index contributed by atoms with van der Waals surface area (Å²) in [6, 6.07) is 9.51. The number of likely N-dealkylation sites (tertiary alicyclic amines) is 1. The van der Waals surface area contributed by atoms with Gasteiger partial charge in [-0.25, -0.2) is 4.98 Å². The van der Waals surface area contributed by atoms with Crippen LogP contribution in [0.3, 0.4) is 0 Å². The third-order valence-electron chi connectivity index (χ3n) is 4.42. The predicted molar refractivity (Wildman–Crippen MR) is 98.3 cm³/mol. The highest BCUT2D eigenvalue weighted by Crippen LogP contribution is 2.19. The van der Waals surface area contributed by atoms with Crippen molar-refractivity contribution >= 4 is 5.91 Å². The summed E-state index contributed by atoms with van der Waals surface area (Å²) in [5.41, 5.74) is 1.01. The van der Waals surface area contributed by atoms with E-state index in [1.165, 1.54) is 0 Å². The molecule has 1 amide bonds. The van der Waals surface area contributed by atoms with Crippen molar-refractivity contribution in [3.05, 3.63) is 47.9 Å². The molecule has 2 aromatic rings. The van der Waals surface area contributed by atoms with Gasteiger partial charge in [0.1, 0.15) is 17.7 Å². The van der Waals surface area contributed by atoms with Gasteiger partial charge in [0.25, 0.3) is 0 Å². The van der Waals surface area contributed by atoms with E-state index in [2.05, 4.69) is 9.97 Å². The summed E-state index contributed by atoms with van der Waals surface area (Å²) in [5.74, 6) is 2.30. The number of hydrogen-bond donors (Lipinski definition) is 0. The third kappa shape index (κ3) is 4.94. The van der Waals surface area contributed by atoms with Crippen LogP contribution < -0.4 is 9.47 Å². The maximum Gasteiger partial charge on any atom is 0.226 e. The van der Waals surface area contributed by atoms with Crippen LogP contribution in [0, 0.1) is 6.92 Å². The SMILES string of the molecule is CCOc1ccc(CC(=O)N2CCC(Oc3ccnc(C)n3)CC2)cc1. The van der Waals surface area contributed by atoms with Crippen LogP contribution in [0.4, 0.5) is 0 Å². The summed E-state index contributed by atoms with van der Waals surface area (Å²) in [6.45, 7) is 5.87. The molecule has 1 aliphatic heterocycles. The molecule has 1 saturated heterocycles. The summed E-state index contributed by atoms with van der Waals surface area (Å²) in [5, 5.41) is 0. The van der Waals surface area contributed by atoms with Crippen LogP contribution in [0.5, 0.6) is 11.6 Å². The van der Waals surface area contributed by atoms with Crippen LogP contribution in [0.15, 0.2) is 36.5 Å². The maximum absolute atomic E-state index is 12.5. The van der Waals surface area contributed by atoms with Crippen LogP contribution in [0.1, 0.15) is 31.2 Å². The molecule has 6 heteroatoms. The highest BCUT2D eigenvalue weighted by atomic mass is 16.5. The van der Waals surface area contributed by atoms with Crippen LogP contribution in [0.2, 0.25) is 0 Å². The number of nitrogens with zero attached hydrogens (tertiary/aromatic N) is 3. The molecule has 0 saturated carbocycles. The second-order valence-electron chi connectivity index (χ2n) is 6.39. The molecule has 0 bridgehead atoms. The van der Waals surface area contributed by atoms with Gasteiger partial charge in [-0.15, -0.1) is 0 Å². The van der Waals surface area contributed by atoms with Gasteiger partial charge in [0.05, 0.1) is 13.0 Å². The van der Waals surface area contributed by atoms with E-state index in [0.717, 1.165) is 24.2 Å². The lowest BCUT2D eigenvalue weighted by Crippen LogP contribution is -2.42. The first-order chi connectivity index (χ1) is 12.6. The Bertz CT molecular complexity index is 725. The van der Waals surface area contributed by atoms with Crippen molar-refractivity contribution < 1.29 is 14.3 Å².